The molecule has 6 heteroatoms. The average Bonchev–Trinajstić information content (AvgIpc) is 2.49. The molecule has 0 amide bonds. The number of sulfonamides is 1. The van der Waals surface area contributed by atoms with Crippen molar-refractivity contribution in [3.63, 3.8) is 0 Å². The van der Waals surface area contributed by atoms with E-state index in [4.69, 9.17) is 0 Å². The van der Waals surface area contributed by atoms with Crippen molar-refractivity contribution in [2.24, 2.45) is 0 Å². The highest BCUT2D eigenvalue weighted by Gasteiger charge is 2.20. The van der Waals surface area contributed by atoms with Crippen LogP contribution in [-0.2, 0) is 16.6 Å². The first-order chi connectivity index (χ1) is 9.93. The van der Waals surface area contributed by atoms with Crippen LogP contribution in [0.5, 0.6) is 0 Å². The summed E-state index contributed by atoms with van der Waals surface area (Å²) in [4.78, 5) is 0.293. The second-order valence-electron chi connectivity index (χ2n) is 4.66. The van der Waals surface area contributed by atoms with Crippen LogP contribution in [-0.4, -0.2) is 26.8 Å². The molecule has 0 saturated carbocycles. The van der Waals surface area contributed by atoms with Crippen molar-refractivity contribution in [2.45, 2.75) is 11.4 Å². The molecule has 0 aliphatic carbocycles. The van der Waals surface area contributed by atoms with Crippen LogP contribution in [0.4, 0.5) is 5.69 Å². The summed E-state index contributed by atoms with van der Waals surface area (Å²) < 4.78 is 27.3. The van der Waals surface area contributed by atoms with Gasteiger partial charge in [0.1, 0.15) is 0 Å². The highest BCUT2D eigenvalue weighted by molar-refractivity contribution is 9.10. The fourth-order valence-corrected chi connectivity index (χ4v) is 3.33. The Labute approximate surface area is 134 Å². The van der Waals surface area contributed by atoms with Gasteiger partial charge in [-0.1, -0.05) is 28.1 Å². The summed E-state index contributed by atoms with van der Waals surface area (Å²) in [6.07, 6.45) is 0. The van der Waals surface area contributed by atoms with Crippen LogP contribution >= 0.6 is 15.9 Å². The first kappa shape index (κ1) is 16.0. The first-order valence-electron chi connectivity index (χ1n) is 6.42. The Balaban J connectivity index is 2.19. The van der Waals surface area contributed by atoms with Gasteiger partial charge in [0, 0.05) is 30.8 Å². The average molecular weight is 369 g/mol. The summed E-state index contributed by atoms with van der Waals surface area (Å²) in [7, 11) is -0.0970. The van der Waals surface area contributed by atoms with Gasteiger partial charge in [-0.25, -0.2) is 8.42 Å². The molecule has 2 aromatic carbocycles. The first-order valence-corrected chi connectivity index (χ1v) is 8.65. The van der Waals surface area contributed by atoms with Crippen molar-refractivity contribution in [3.8, 4) is 0 Å². The molecule has 2 aromatic rings. The molecule has 0 aliphatic heterocycles. The number of nitrogens with one attached hydrogen (secondary N) is 1. The lowest BCUT2D eigenvalue weighted by Crippen LogP contribution is -2.26. The second kappa shape index (κ2) is 6.60. The van der Waals surface area contributed by atoms with Crippen molar-refractivity contribution in [1.29, 1.82) is 0 Å². The number of benzene rings is 2. The van der Waals surface area contributed by atoms with Gasteiger partial charge in [-0.3, -0.25) is 0 Å². The van der Waals surface area contributed by atoms with Gasteiger partial charge in [0.15, 0.2) is 0 Å². The molecule has 4 nitrogen and oxygen atoms in total. The van der Waals surface area contributed by atoms with Crippen molar-refractivity contribution in [1.82, 2.24) is 4.31 Å². The highest BCUT2D eigenvalue weighted by atomic mass is 79.9. The van der Waals surface area contributed by atoms with Crippen LogP contribution in [0.3, 0.4) is 0 Å². The van der Waals surface area contributed by atoms with Gasteiger partial charge in [-0.15, -0.1) is 0 Å². The van der Waals surface area contributed by atoms with Gasteiger partial charge < -0.3 is 5.32 Å². The quantitative estimate of drug-likeness (QED) is 0.880. The van der Waals surface area contributed by atoms with E-state index in [2.05, 4.69) is 21.2 Å². The second-order valence-corrected chi connectivity index (χ2v) is 7.62. The van der Waals surface area contributed by atoms with Gasteiger partial charge in [0.05, 0.1) is 4.90 Å². The van der Waals surface area contributed by atoms with Crippen molar-refractivity contribution >= 4 is 31.6 Å². The molecule has 0 atom stereocenters. The summed E-state index contributed by atoms with van der Waals surface area (Å²) in [5, 5.41) is 2.97. The maximum atomic E-state index is 12.5. The number of nitrogens with zero attached hydrogens (tertiary/aromatic N) is 1. The topological polar surface area (TPSA) is 49.4 Å². The molecule has 0 saturated heterocycles. The highest BCUT2D eigenvalue weighted by Crippen LogP contribution is 2.19. The lowest BCUT2D eigenvalue weighted by molar-refractivity contribution is 0.466. The Bertz CT molecular complexity index is 697. The zero-order valence-corrected chi connectivity index (χ0v) is 14.3. The molecular formula is C15H17BrN2O2S. The summed E-state index contributed by atoms with van der Waals surface area (Å²) in [5.41, 5.74) is 1.82. The SMILES string of the molecule is CNc1ccc(S(=O)(=O)N(C)Cc2ccc(Br)cc2)cc1. The molecule has 112 valence electrons. The molecule has 0 spiro atoms. The van der Waals surface area contributed by atoms with Gasteiger partial charge in [0.2, 0.25) is 10.0 Å². The molecule has 0 aliphatic rings. The molecule has 21 heavy (non-hydrogen) atoms. The van der Waals surface area contributed by atoms with Crippen molar-refractivity contribution in [2.75, 3.05) is 19.4 Å². The fraction of sp³-hybridized carbons (Fsp3) is 0.200. The number of anilines is 1. The monoisotopic (exact) mass is 368 g/mol. The van der Waals surface area contributed by atoms with E-state index in [0.717, 1.165) is 15.7 Å². The Morgan fingerprint density at radius 2 is 1.62 bits per heavy atom. The summed E-state index contributed by atoms with van der Waals surface area (Å²) in [6, 6.07) is 14.3. The third kappa shape index (κ3) is 3.84. The minimum atomic E-state index is -3.48. The smallest absolute Gasteiger partial charge is 0.243 e. The molecule has 0 bridgehead atoms. The molecule has 0 heterocycles. The molecule has 1 N–H and O–H groups in total. The van der Waals surface area contributed by atoms with Gasteiger partial charge in [-0.05, 0) is 42.0 Å². The zero-order chi connectivity index (χ0) is 15.5. The Morgan fingerprint density at radius 1 is 1.05 bits per heavy atom. The van der Waals surface area contributed by atoms with Gasteiger partial charge >= 0.3 is 0 Å². The van der Waals surface area contributed by atoms with E-state index >= 15 is 0 Å². The maximum Gasteiger partial charge on any atom is 0.243 e. The van der Waals surface area contributed by atoms with E-state index < -0.39 is 10.0 Å². The van der Waals surface area contributed by atoms with E-state index in [9.17, 15) is 8.42 Å². The predicted octanol–water partition coefficient (Wildman–Crippen LogP) is 3.31. The number of hydrogen-bond donors (Lipinski definition) is 1. The van der Waals surface area contributed by atoms with E-state index in [1.54, 1.807) is 38.4 Å². The summed E-state index contributed by atoms with van der Waals surface area (Å²) >= 11 is 3.36. The Kier molecular flexibility index (Phi) is 5.03. The van der Waals surface area contributed by atoms with Crippen LogP contribution < -0.4 is 5.32 Å². The minimum absolute atomic E-state index is 0.293. The number of halogens is 1. The zero-order valence-electron chi connectivity index (χ0n) is 11.9. The van der Waals surface area contributed by atoms with Gasteiger partial charge in [0.25, 0.3) is 0 Å². The van der Waals surface area contributed by atoms with Crippen LogP contribution in [0.2, 0.25) is 0 Å². The third-order valence-corrected chi connectivity index (χ3v) is 5.52. The number of rotatable bonds is 5. The molecule has 2 rings (SSSR count). The molecule has 0 radical (unpaired) electrons. The normalized spacial score (nSPS) is 11.6. The molecule has 0 aromatic heterocycles. The number of hydrogen-bond acceptors (Lipinski definition) is 3. The lowest BCUT2D eigenvalue weighted by Gasteiger charge is -2.17. The van der Waals surface area contributed by atoms with E-state index in [1.165, 1.54) is 4.31 Å². The van der Waals surface area contributed by atoms with E-state index in [0.29, 0.717) is 11.4 Å². The Hall–Kier alpha value is -1.37. The van der Waals surface area contributed by atoms with Crippen LogP contribution in [0, 0.1) is 0 Å². The minimum Gasteiger partial charge on any atom is -0.388 e. The largest absolute Gasteiger partial charge is 0.388 e. The van der Waals surface area contributed by atoms with Crippen LogP contribution in [0.1, 0.15) is 5.56 Å². The van der Waals surface area contributed by atoms with Crippen molar-refractivity contribution < 1.29 is 8.42 Å². The molecular weight excluding hydrogens is 352 g/mol. The maximum absolute atomic E-state index is 12.5. The van der Waals surface area contributed by atoms with Gasteiger partial charge in [-0.2, -0.15) is 4.31 Å². The van der Waals surface area contributed by atoms with Crippen molar-refractivity contribution in [3.05, 3.63) is 58.6 Å². The fourth-order valence-electron chi connectivity index (χ4n) is 1.91. The summed E-state index contributed by atoms with van der Waals surface area (Å²) in [5.74, 6) is 0. The third-order valence-electron chi connectivity index (χ3n) is 3.17. The van der Waals surface area contributed by atoms with E-state index in [1.807, 2.05) is 24.3 Å². The molecule has 0 unspecified atom stereocenters. The standard InChI is InChI=1S/C15H17BrN2O2S/c1-17-14-7-9-15(10-8-14)21(19,20)18(2)11-12-3-5-13(16)6-4-12/h3-10,17H,11H2,1-2H3. The van der Waals surface area contributed by atoms with E-state index in [-0.39, 0.29) is 0 Å². The van der Waals surface area contributed by atoms with Crippen LogP contribution in [0.25, 0.3) is 0 Å². The molecule has 0 fully saturated rings. The lowest BCUT2D eigenvalue weighted by atomic mass is 10.2. The summed E-state index contributed by atoms with van der Waals surface area (Å²) in [6.45, 7) is 0.337. The predicted molar refractivity (Wildman–Crippen MR) is 88.8 cm³/mol. The Morgan fingerprint density at radius 3 is 2.14 bits per heavy atom. The van der Waals surface area contributed by atoms with Crippen LogP contribution in [0.15, 0.2) is 57.9 Å².